The lowest BCUT2D eigenvalue weighted by molar-refractivity contribution is 0.112. The Kier molecular flexibility index (Phi) is 2.21. The minimum Gasteiger partial charge on any atom is -0.396 e. The fourth-order valence-electron chi connectivity index (χ4n) is 1.46. The number of carbonyl (C=O) groups excluding carboxylic acids is 1. The van der Waals surface area contributed by atoms with Crippen LogP contribution in [0.4, 0.5) is 5.69 Å². The fraction of sp³-hybridized carbons (Fsp3) is 0.100. The van der Waals surface area contributed by atoms with E-state index in [-0.39, 0.29) is 0 Å². The molecule has 15 heavy (non-hydrogen) atoms. The van der Waals surface area contributed by atoms with Crippen molar-refractivity contribution in [3.63, 3.8) is 0 Å². The number of carbonyl (C=O) groups is 1. The van der Waals surface area contributed by atoms with Crippen molar-refractivity contribution in [2.75, 3.05) is 5.73 Å². The first-order valence-electron chi connectivity index (χ1n) is 4.40. The van der Waals surface area contributed by atoms with Gasteiger partial charge in [0.25, 0.3) is 0 Å². The molecule has 0 unspecified atom stereocenters. The van der Waals surface area contributed by atoms with E-state index in [9.17, 15) is 4.79 Å². The van der Waals surface area contributed by atoms with E-state index in [0.29, 0.717) is 11.3 Å². The number of nitrogens with zero attached hydrogens (tertiary/aromatic N) is 3. The number of aldehydes is 1. The molecule has 0 bridgehead atoms. The minimum atomic E-state index is 0.521. The molecule has 0 amide bonds. The summed E-state index contributed by atoms with van der Waals surface area (Å²) >= 11 is 0. The van der Waals surface area contributed by atoms with E-state index in [1.165, 1.54) is 6.20 Å². The van der Waals surface area contributed by atoms with E-state index >= 15 is 0 Å². The van der Waals surface area contributed by atoms with Crippen LogP contribution in [-0.4, -0.2) is 21.1 Å². The molecule has 0 fully saturated rings. The van der Waals surface area contributed by atoms with Crippen LogP contribution in [0.1, 0.15) is 10.4 Å². The van der Waals surface area contributed by atoms with Gasteiger partial charge in [-0.05, 0) is 6.07 Å². The maximum atomic E-state index is 10.6. The van der Waals surface area contributed by atoms with Gasteiger partial charge in [-0.15, -0.1) is 0 Å². The van der Waals surface area contributed by atoms with E-state index < -0.39 is 0 Å². The lowest BCUT2D eigenvalue weighted by atomic mass is 10.1. The molecule has 0 aromatic carbocycles. The highest BCUT2D eigenvalue weighted by molar-refractivity contribution is 5.79. The van der Waals surface area contributed by atoms with Crippen LogP contribution in [0.3, 0.4) is 0 Å². The Labute approximate surface area is 86.5 Å². The second kappa shape index (κ2) is 3.53. The second-order valence-electron chi connectivity index (χ2n) is 3.20. The second-order valence-corrected chi connectivity index (χ2v) is 3.20. The van der Waals surface area contributed by atoms with Crippen LogP contribution in [0.2, 0.25) is 0 Å². The molecule has 0 atom stereocenters. The zero-order valence-corrected chi connectivity index (χ0v) is 8.21. The summed E-state index contributed by atoms with van der Waals surface area (Å²) < 4.78 is 1.65. The van der Waals surface area contributed by atoms with E-state index in [1.54, 1.807) is 30.2 Å². The number of pyridine rings is 1. The number of hydrogen-bond donors (Lipinski definition) is 1. The highest BCUT2D eigenvalue weighted by atomic mass is 16.1. The predicted molar refractivity (Wildman–Crippen MR) is 56.2 cm³/mol. The topological polar surface area (TPSA) is 73.8 Å². The summed E-state index contributed by atoms with van der Waals surface area (Å²) in [5.74, 6) is 0. The van der Waals surface area contributed by atoms with Crippen LogP contribution in [0.15, 0.2) is 24.7 Å². The Morgan fingerprint density at radius 2 is 2.20 bits per heavy atom. The summed E-state index contributed by atoms with van der Waals surface area (Å²) in [6, 6.07) is 1.73. The number of anilines is 1. The number of nitrogen functional groups attached to an aromatic ring is 1. The van der Waals surface area contributed by atoms with Gasteiger partial charge in [-0.2, -0.15) is 5.10 Å². The number of nitrogens with two attached hydrogens (primary N) is 1. The molecule has 0 saturated carbocycles. The smallest absolute Gasteiger partial charge is 0.151 e. The Balaban J connectivity index is 2.58. The normalized spacial score (nSPS) is 10.2. The third kappa shape index (κ3) is 1.59. The number of hydrogen-bond acceptors (Lipinski definition) is 4. The highest BCUT2D eigenvalue weighted by Gasteiger charge is 2.08. The van der Waals surface area contributed by atoms with Crippen LogP contribution >= 0.6 is 0 Å². The van der Waals surface area contributed by atoms with E-state index in [1.807, 2.05) is 0 Å². The lowest BCUT2D eigenvalue weighted by Gasteiger charge is -2.03. The molecule has 0 aliphatic rings. The van der Waals surface area contributed by atoms with Crippen molar-refractivity contribution < 1.29 is 4.79 Å². The van der Waals surface area contributed by atoms with Crippen molar-refractivity contribution in [1.82, 2.24) is 14.8 Å². The quantitative estimate of drug-likeness (QED) is 0.733. The van der Waals surface area contributed by atoms with Gasteiger partial charge in [-0.25, -0.2) is 0 Å². The SMILES string of the molecule is Cn1ncc(N)c1-c1cncc(C=O)c1. The van der Waals surface area contributed by atoms with Crippen LogP contribution < -0.4 is 5.73 Å². The Morgan fingerprint density at radius 3 is 2.80 bits per heavy atom. The molecule has 0 aliphatic carbocycles. The minimum absolute atomic E-state index is 0.521. The molecule has 2 N–H and O–H groups in total. The first-order chi connectivity index (χ1) is 7.22. The summed E-state index contributed by atoms with van der Waals surface area (Å²) in [6.45, 7) is 0. The molecule has 2 rings (SSSR count). The average molecular weight is 202 g/mol. The molecule has 2 aromatic heterocycles. The third-order valence-corrected chi connectivity index (χ3v) is 2.14. The maximum absolute atomic E-state index is 10.6. The van der Waals surface area contributed by atoms with Gasteiger partial charge in [0.2, 0.25) is 0 Å². The van der Waals surface area contributed by atoms with Crippen molar-refractivity contribution in [3.8, 4) is 11.3 Å². The van der Waals surface area contributed by atoms with Crippen molar-refractivity contribution >= 4 is 12.0 Å². The summed E-state index contributed by atoms with van der Waals surface area (Å²) in [7, 11) is 1.79. The number of aromatic nitrogens is 3. The van der Waals surface area contributed by atoms with Crippen molar-refractivity contribution in [1.29, 1.82) is 0 Å². The van der Waals surface area contributed by atoms with Crippen LogP contribution in [0, 0.1) is 0 Å². The Bertz CT molecular complexity index is 484. The third-order valence-electron chi connectivity index (χ3n) is 2.14. The van der Waals surface area contributed by atoms with Crippen LogP contribution in [-0.2, 0) is 7.05 Å². The van der Waals surface area contributed by atoms with Gasteiger partial charge in [-0.1, -0.05) is 0 Å². The van der Waals surface area contributed by atoms with E-state index in [4.69, 9.17) is 5.73 Å². The van der Waals surface area contributed by atoms with Gasteiger partial charge >= 0.3 is 0 Å². The maximum Gasteiger partial charge on any atom is 0.151 e. The molecule has 2 heterocycles. The van der Waals surface area contributed by atoms with Crippen molar-refractivity contribution in [2.24, 2.45) is 7.05 Å². The van der Waals surface area contributed by atoms with Crippen LogP contribution in [0.5, 0.6) is 0 Å². The molecule has 5 heteroatoms. The van der Waals surface area contributed by atoms with Gasteiger partial charge in [0, 0.05) is 30.6 Å². The highest BCUT2D eigenvalue weighted by Crippen LogP contribution is 2.24. The molecule has 0 saturated heterocycles. The Morgan fingerprint density at radius 1 is 1.40 bits per heavy atom. The molecule has 76 valence electrons. The molecule has 0 aliphatic heterocycles. The van der Waals surface area contributed by atoms with Crippen LogP contribution in [0.25, 0.3) is 11.3 Å². The van der Waals surface area contributed by atoms with E-state index in [2.05, 4.69) is 10.1 Å². The average Bonchev–Trinajstić information content (AvgIpc) is 2.59. The Hall–Kier alpha value is -2.17. The molecule has 0 spiro atoms. The van der Waals surface area contributed by atoms with Gasteiger partial charge in [0.15, 0.2) is 6.29 Å². The standard InChI is InChI=1S/C10H10N4O/c1-14-10(9(11)5-13-14)8-2-7(6-15)3-12-4-8/h2-6H,11H2,1H3. The summed E-state index contributed by atoms with van der Waals surface area (Å²) in [6.07, 6.45) is 5.48. The molecular weight excluding hydrogens is 192 g/mol. The number of aryl methyl sites for hydroxylation is 1. The zero-order chi connectivity index (χ0) is 10.8. The lowest BCUT2D eigenvalue weighted by Crippen LogP contribution is -1.97. The summed E-state index contributed by atoms with van der Waals surface area (Å²) in [4.78, 5) is 14.6. The largest absolute Gasteiger partial charge is 0.396 e. The summed E-state index contributed by atoms with van der Waals surface area (Å²) in [5, 5.41) is 4.02. The van der Waals surface area contributed by atoms with Gasteiger partial charge in [0.05, 0.1) is 17.6 Å². The zero-order valence-electron chi connectivity index (χ0n) is 8.21. The first-order valence-corrected chi connectivity index (χ1v) is 4.40. The van der Waals surface area contributed by atoms with Crippen molar-refractivity contribution in [3.05, 3.63) is 30.2 Å². The monoisotopic (exact) mass is 202 g/mol. The summed E-state index contributed by atoms with van der Waals surface area (Å²) in [5.41, 5.74) is 8.42. The van der Waals surface area contributed by atoms with Gasteiger partial charge < -0.3 is 5.73 Å². The van der Waals surface area contributed by atoms with Crippen molar-refractivity contribution in [2.45, 2.75) is 0 Å². The van der Waals surface area contributed by atoms with E-state index in [0.717, 1.165) is 17.5 Å². The molecule has 5 nitrogen and oxygen atoms in total. The first kappa shape index (κ1) is 9.39. The van der Waals surface area contributed by atoms with Gasteiger partial charge in [-0.3, -0.25) is 14.5 Å². The predicted octanol–water partition coefficient (Wildman–Crippen LogP) is 0.877. The fourth-order valence-corrected chi connectivity index (χ4v) is 1.46. The molecule has 2 aromatic rings. The molecular formula is C10H10N4O. The number of rotatable bonds is 2. The molecule has 0 radical (unpaired) electrons. The van der Waals surface area contributed by atoms with Gasteiger partial charge in [0.1, 0.15) is 0 Å².